The summed E-state index contributed by atoms with van der Waals surface area (Å²) in [6.45, 7) is 4.07. The van der Waals surface area contributed by atoms with Gasteiger partial charge >= 0.3 is 0 Å². The number of ether oxygens (including phenoxy) is 1. The molecule has 2 saturated heterocycles. The minimum absolute atomic E-state index is 0.279. The van der Waals surface area contributed by atoms with Crippen molar-refractivity contribution in [1.82, 2.24) is 29.6 Å². The first-order valence-electron chi connectivity index (χ1n) is 9.36. The molecular formula is C18H26N6O2. The van der Waals surface area contributed by atoms with E-state index in [2.05, 4.69) is 20.2 Å². The molecule has 0 saturated carbocycles. The van der Waals surface area contributed by atoms with Gasteiger partial charge in [0, 0.05) is 38.5 Å². The monoisotopic (exact) mass is 358 g/mol. The van der Waals surface area contributed by atoms with E-state index in [0.717, 1.165) is 56.9 Å². The predicted molar refractivity (Wildman–Crippen MR) is 96.1 cm³/mol. The highest BCUT2D eigenvalue weighted by molar-refractivity contribution is 5.76. The maximum absolute atomic E-state index is 11.6. The van der Waals surface area contributed by atoms with Crippen molar-refractivity contribution in [1.29, 1.82) is 0 Å². The van der Waals surface area contributed by atoms with E-state index in [0.29, 0.717) is 24.1 Å². The summed E-state index contributed by atoms with van der Waals surface area (Å²) in [5.74, 6) is 2.75. The van der Waals surface area contributed by atoms with Crippen molar-refractivity contribution in [2.45, 2.75) is 31.6 Å². The SMILES string of the molecule is COc1ccc2nnc(C3CCN(CC4CCC(=O)N(C)C4)CC3)n2n1. The molecule has 1 unspecified atom stereocenters. The number of aromatic nitrogens is 4. The molecule has 4 rings (SSSR count). The van der Waals surface area contributed by atoms with Gasteiger partial charge in [0.2, 0.25) is 11.8 Å². The van der Waals surface area contributed by atoms with Gasteiger partial charge in [-0.2, -0.15) is 4.52 Å². The van der Waals surface area contributed by atoms with Gasteiger partial charge in [0.1, 0.15) is 0 Å². The Kier molecular flexibility index (Phi) is 4.76. The lowest BCUT2D eigenvalue weighted by atomic mass is 9.93. The van der Waals surface area contributed by atoms with E-state index in [1.807, 2.05) is 28.6 Å². The molecule has 1 atom stereocenters. The molecule has 26 heavy (non-hydrogen) atoms. The van der Waals surface area contributed by atoms with Crippen LogP contribution in [0, 0.1) is 5.92 Å². The summed E-state index contributed by atoms with van der Waals surface area (Å²) in [6, 6.07) is 3.70. The molecule has 8 nitrogen and oxygen atoms in total. The Morgan fingerprint density at radius 3 is 2.73 bits per heavy atom. The van der Waals surface area contributed by atoms with Crippen LogP contribution in [-0.4, -0.2) is 75.9 Å². The molecule has 1 amide bonds. The summed E-state index contributed by atoms with van der Waals surface area (Å²) in [5, 5.41) is 13.1. The van der Waals surface area contributed by atoms with Gasteiger partial charge in [-0.1, -0.05) is 0 Å². The molecular weight excluding hydrogens is 332 g/mol. The van der Waals surface area contributed by atoms with Crippen LogP contribution in [0.25, 0.3) is 5.65 Å². The van der Waals surface area contributed by atoms with Crippen molar-refractivity contribution in [2.75, 3.05) is 40.3 Å². The highest BCUT2D eigenvalue weighted by Crippen LogP contribution is 2.28. The molecule has 0 aromatic carbocycles. The lowest BCUT2D eigenvalue weighted by Gasteiger charge is -2.36. The van der Waals surface area contributed by atoms with Crippen LogP contribution in [-0.2, 0) is 4.79 Å². The Morgan fingerprint density at radius 2 is 2.00 bits per heavy atom. The molecule has 2 fully saturated rings. The normalized spacial score (nSPS) is 22.9. The van der Waals surface area contributed by atoms with E-state index in [1.165, 1.54) is 0 Å². The fourth-order valence-corrected chi connectivity index (χ4v) is 4.14. The zero-order valence-electron chi connectivity index (χ0n) is 15.5. The quantitative estimate of drug-likeness (QED) is 0.817. The van der Waals surface area contributed by atoms with E-state index < -0.39 is 0 Å². The van der Waals surface area contributed by atoms with Gasteiger partial charge in [-0.15, -0.1) is 15.3 Å². The highest BCUT2D eigenvalue weighted by Gasteiger charge is 2.29. The maximum atomic E-state index is 11.6. The molecule has 0 aliphatic carbocycles. The first-order valence-corrected chi connectivity index (χ1v) is 9.36. The van der Waals surface area contributed by atoms with Gasteiger partial charge < -0.3 is 14.5 Å². The second-order valence-electron chi connectivity index (χ2n) is 7.46. The van der Waals surface area contributed by atoms with Gasteiger partial charge in [-0.25, -0.2) is 0 Å². The summed E-state index contributed by atoms with van der Waals surface area (Å²) in [5.41, 5.74) is 0.762. The molecule has 0 N–H and O–H groups in total. The minimum atomic E-state index is 0.279. The summed E-state index contributed by atoms with van der Waals surface area (Å²) in [7, 11) is 3.53. The summed E-state index contributed by atoms with van der Waals surface area (Å²) in [4.78, 5) is 16.0. The largest absolute Gasteiger partial charge is 0.480 e. The van der Waals surface area contributed by atoms with Crippen LogP contribution in [0.15, 0.2) is 12.1 Å². The van der Waals surface area contributed by atoms with E-state index in [4.69, 9.17) is 4.74 Å². The van der Waals surface area contributed by atoms with Crippen LogP contribution < -0.4 is 4.74 Å². The smallest absolute Gasteiger partial charge is 0.231 e. The van der Waals surface area contributed by atoms with Crippen LogP contribution in [0.1, 0.15) is 37.4 Å². The number of piperidine rings is 2. The number of hydrogen-bond donors (Lipinski definition) is 0. The van der Waals surface area contributed by atoms with Gasteiger partial charge in [0.25, 0.3) is 0 Å². The third-order valence-electron chi connectivity index (χ3n) is 5.66. The van der Waals surface area contributed by atoms with E-state index in [-0.39, 0.29) is 5.91 Å². The second kappa shape index (κ2) is 7.19. The number of hydrogen-bond acceptors (Lipinski definition) is 6. The molecule has 140 valence electrons. The summed E-state index contributed by atoms with van der Waals surface area (Å²) < 4.78 is 7.05. The van der Waals surface area contributed by atoms with Crippen molar-refractivity contribution < 1.29 is 9.53 Å². The third kappa shape index (κ3) is 3.38. The molecule has 8 heteroatoms. The number of methoxy groups -OCH3 is 1. The predicted octanol–water partition coefficient (Wildman–Crippen LogP) is 1.18. The molecule has 0 bridgehead atoms. The summed E-state index contributed by atoms with van der Waals surface area (Å²) >= 11 is 0. The van der Waals surface area contributed by atoms with Crippen LogP contribution in [0.2, 0.25) is 0 Å². The van der Waals surface area contributed by atoms with Gasteiger partial charge in [-0.3, -0.25) is 4.79 Å². The fourth-order valence-electron chi connectivity index (χ4n) is 4.14. The molecule has 0 radical (unpaired) electrons. The lowest BCUT2D eigenvalue weighted by Crippen LogP contribution is -2.44. The fraction of sp³-hybridized carbons (Fsp3) is 0.667. The standard InChI is InChI=1S/C18H26N6O2/c1-22-11-13(3-6-17(22)25)12-23-9-7-14(8-10-23)18-20-19-15-4-5-16(26-2)21-24(15)18/h4-5,13-14H,3,6-12H2,1-2H3. The van der Waals surface area contributed by atoms with E-state index >= 15 is 0 Å². The first kappa shape index (κ1) is 17.2. The number of likely N-dealkylation sites (tertiary alicyclic amines) is 2. The van der Waals surface area contributed by atoms with E-state index in [9.17, 15) is 4.79 Å². The third-order valence-corrected chi connectivity index (χ3v) is 5.66. The van der Waals surface area contributed by atoms with E-state index in [1.54, 1.807) is 7.11 Å². The number of carbonyl (C=O) groups is 1. The Balaban J connectivity index is 1.37. The Labute approximate surface area is 153 Å². The van der Waals surface area contributed by atoms with Crippen LogP contribution >= 0.6 is 0 Å². The number of amides is 1. The maximum Gasteiger partial charge on any atom is 0.231 e. The highest BCUT2D eigenvalue weighted by atomic mass is 16.5. The van der Waals surface area contributed by atoms with Crippen molar-refractivity contribution >= 4 is 11.6 Å². The van der Waals surface area contributed by atoms with Crippen LogP contribution in [0.3, 0.4) is 0 Å². The molecule has 2 aliphatic heterocycles. The molecule has 2 aromatic heterocycles. The second-order valence-corrected chi connectivity index (χ2v) is 7.46. The van der Waals surface area contributed by atoms with Gasteiger partial charge in [0.05, 0.1) is 7.11 Å². The Morgan fingerprint density at radius 1 is 1.19 bits per heavy atom. The first-order chi connectivity index (χ1) is 12.6. The average molecular weight is 358 g/mol. The Hall–Kier alpha value is -2.22. The number of nitrogens with zero attached hydrogens (tertiary/aromatic N) is 6. The molecule has 0 spiro atoms. The zero-order chi connectivity index (χ0) is 18.1. The number of fused-ring (bicyclic) bond motifs is 1. The van der Waals surface area contributed by atoms with Crippen molar-refractivity contribution in [2.24, 2.45) is 5.92 Å². The van der Waals surface area contributed by atoms with Gasteiger partial charge in [0.15, 0.2) is 11.5 Å². The van der Waals surface area contributed by atoms with Crippen LogP contribution in [0.4, 0.5) is 0 Å². The molecule has 2 aliphatic rings. The molecule has 2 aromatic rings. The van der Waals surface area contributed by atoms with Crippen molar-refractivity contribution in [3.8, 4) is 5.88 Å². The van der Waals surface area contributed by atoms with Gasteiger partial charge in [-0.05, 0) is 44.3 Å². The van der Waals surface area contributed by atoms with Crippen LogP contribution in [0.5, 0.6) is 5.88 Å². The average Bonchev–Trinajstić information content (AvgIpc) is 3.08. The van der Waals surface area contributed by atoms with Crippen molar-refractivity contribution in [3.63, 3.8) is 0 Å². The lowest BCUT2D eigenvalue weighted by molar-refractivity contribution is -0.133. The summed E-state index contributed by atoms with van der Waals surface area (Å²) in [6.07, 6.45) is 3.82. The molecule has 4 heterocycles. The number of carbonyl (C=O) groups excluding carboxylic acids is 1. The zero-order valence-corrected chi connectivity index (χ0v) is 15.5. The Bertz CT molecular complexity index is 783. The van der Waals surface area contributed by atoms with Crippen molar-refractivity contribution in [3.05, 3.63) is 18.0 Å². The minimum Gasteiger partial charge on any atom is -0.480 e. The number of rotatable bonds is 4. The topological polar surface area (TPSA) is 75.9 Å².